The van der Waals surface area contributed by atoms with E-state index in [4.69, 9.17) is 0 Å². The van der Waals surface area contributed by atoms with Gasteiger partial charge in [0, 0.05) is 30.6 Å². The van der Waals surface area contributed by atoms with Gasteiger partial charge in [0.05, 0.1) is 0 Å². The molecule has 0 bridgehead atoms. The molecule has 2 aliphatic heterocycles. The van der Waals surface area contributed by atoms with Gasteiger partial charge in [-0.3, -0.25) is 9.69 Å². The summed E-state index contributed by atoms with van der Waals surface area (Å²) in [6.07, 6.45) is 5.50. The van der Waals surface area contributed by atoms with Gasteiger partial charge in [0.15, 0.2) is 5.82 Å². The van der Waals surface area contributed by atoms with Gasteiger partial charge in [-0.05, 0) is 49.1 Å². The summed E-state index contributed by atoms with van der Waals surface area (Å²) in [5.41, 5.74) is 3.13. The number of likely N-dealkylation sites (tertiary alicyclic amines) is 1. The zero-order valence-corrected chi connectivity index (χ0v) is 16.7. The fourth-order valence-electron chi connectivity index (χ4n) is 4.42. The highest BCUT2D eigenvalue weighted by Gasteiger charge is 2.28. The molecular formula is C24H23FN4O. The number of aromatic nitrogens is 3. The smallest absolute Gasteiger partial charge is 0.272 e. The number of fused-ring (bicyclic) bond motifs is 1. The minimum Gasteiger partial charge on any atom is -0.296 e. The summed E-state index contributed by atoms with van der Waals surface area (Å²) in [6, 6.07) is 16.9. The first kappa shape index (κ1) is 18.9. The molecule has 1 aromatic heterocycles. The van der Waals surface area contributed by atoms with Crippen LogP contribution in [-0.4, -0.2) is 44.7 Å². The number of hydrogen-bond acceptors (Lipinski definition) is 4. The van der Waals surface area contributed by atoms with Gasteiger partial charge in [0.2, 0.25) is 0 Å². The van der Waals surface area contributed by atoms with Gasteiger partial charge in [-0.2, -0.15) is 4.68 Å². The van der Waals surface area contributed by atoms with Crippen LogP contribution in [0.1, 0.15) is 29.0 Å². The van der Waals surface area contributed by atoms with Gasteiger partial charge in [-0.15, -0.1) is 5.10 Å². The number of rotatable bonds is 5. The predicted octanol–water partition coefficient (Wildman–Crippen LogP) is 3.91. The van der Waals surface area contributed by atoms with Crippen molar-refractivity contribution in [2.75, 3.05) is 13.1 Å². The maximum absolute atomic E-state index is 13.2. The summed E-state index contributed by atoms with van der Waals surface area (Å²) < 4.78 is 14.6. The van der Waals surface area contributed by atoms with Crippen LogP contribution in [0.15, 0.2) is 66.2 Å². The fourth-order valence-corrected chi connectivity index (χ4v) is 4.42. The zero-order valence-electron chi connectivity index (χ0n) is 16.7. The molecule has 0 radical (unpaired) electrons. The van der Waals surface area contributed by atoms with E-state index in [1.807, 2.05) is 42.5 Å². The van der Waals surface area contributed by atoms with Crippen molar-refractivity contribution in [3.05, 3.63) is 83.5 Å². The monoisotopic (exact) mass is 402 g/mol. The molecule has 5 nitrogen and oxygen atoms in total. The summed E-state index contributed by atoms with van der Waals surface area (Å²) in [5, 5.41) is 4.41. The molecule has 0 aliphatic carbocycles. The van der Waals surface area contributed by atoms with E-state index in [0.29, 0.717) is 24.1 Å². The zero-order chi connectivity index (χ0) is 20.5. The Labute approximate surface area is 174 Å². The molecule has 1 saturated heterocycles. The molecular weight excluding hydrogens is 379 g/mol. The molecule has 2 aliphatic rings. The predicted molar refractivity (Wildman–Crippen MR) is 113 cm³/mol. The standard InChI is InChI=1S/C24H23FN4O/c25-20-10-8-17(9-11-20)13-21-7-4-12-28(21)16-18-14-22-26-24(19-5-2-1-3-6-19)27-29(22)23(30)15-18/h1-3,5-6,8-11,15,21H,4,7,12-14,16H2. The van der Waals surface area contributed by atoms with Crippen molar-refractivity contribution < 1.29 is 9.18 Å². The Balaban J connectivity index is 1.29. The highest BCUT2D eigenvalue weighted by Crippen LogP contribution is 2.25. The van der Waals surface area contributed by atoms with Gasteiger partial charge in [0.25, 0.3) is 5.91 Å². The lowest BCUT2D eigenvalue weighted by Gasteiger charge is -2.26. The fraction of sp³-hybridized carbons (Fsp3) is 0.292. The summed E-state index contributed by atoms with van der Waals surface area (Å²) in [7, 11) is 0. The Hall–Kier alpha value is -3.12. The molecule has 0 saturated carbocycles. The molecule has 0 amide bonds. The second kappa shape index (κ2) is 7.95. The third-order valence-corrected chi connectivity index (χ3v) is 5.92. The lowest BCUT2D eigenvalue weighted by Crippen LogP contribution is -2.34. The normalized spacial score (nSPS) is 19.0. The Kier molecular flexibility index (Phi) is 5.01. The number of halogens is 1. The van der Waals surface area contributed by atoms with Crippen LogP contribution in [0.3, 0.4) is 0 Å². The van der Waals surface area contributed by atoms with E-state index < -0.39 is 0 Å². The molecule has 5 rings (SSSR count). The molecule has 3 heterocycles. The van der Waals surface area contributed by atoms with Crippen molar-refractivity contribution in [1.82, 2.24) is 19.7 Å². The second-order valence-corrected chi connectivity index (χ2v) is 8.04. The summed E-state index contributed by atoms with van der Waals surface area (Å²) in [5.74, 6) is 0.955. The minimum atomic E-state index is -0.202. The van der Waals surface area contributed by atoms with E-state index in [-0.39, 0.29) is 11.7 Å². The molecule has 0 N–H and O–H groups in total. The van der Waals surface area contributed by atoms with E-state index >= 15 is 0 Å². The first-order chi connectivity index (χ1) is 14.7. The van der Waals surface area contributed by atoms with Crippen LogP contribution in [-0.2, 0) is 12.8 Å². The quantitative estimate of drug-likeness (QED) is 0.649. The number of carbonyl (C=O) groups excluding carboxylic acids is 1. The molecule has 1 fully saturated rings. The number of allylic oxidation sites excluding steroid dienone is 1. The molecule has 6 heteroatoms. The van der Waals surface area contributed by atoms with Crippen molar-refractivity contribution in [1.29, 1.82) is 0 Å². The molecule has 0 spiro atoms. The van der Waals surface area contributed by atoms with Crippen LogP contribution in [0.25, 0.3) is 11.4 Å². The molecule has 30 heavy (non-hydrogen) atoms. The second-order valence-electron chi connectivity index (χ2n) is 8.04. The summed E-state index contributed by atoms with van der Waals surface area (Å²) in [4.78, 5) is 19.7. The van der Waals surface area contributed by atoms with Gasteiger partial charge in [-0.1, -0.05) is 42.5 Å². The highest BCUT2D eigenvalue weighted by atomic mass is 19.1. The number of hydrogen-bond donors (Lipinski definition) is 0. The Morgan fingerprint density at radius 2 is 1.87 bits per heavy atom. The van der Waals surface area contributed by atoms with Crippen LogP contribution in [0.5, 0.6) is 0 Å². The van der Waals surface area contributed by atoms with Crippen molar-refractivity contribution in [2.45, 2.75) is 31.7 Å². The molecule has 152 valence electrons. The van der Waals surface area contributed by atoms with Crippen molar-refractivity contribution in [3.63, 3.8) is 0 Å². The van der Waals surface area contributed by atoms with E-state index in [0.717, 1.165) is 49.1 Å². The van der Waals surface area contributed by atoms with Crippen LogP contribution >= 0.6 is 0 Å². The average Bonchev–Trinajstić information content (AvgIpc) is 3.38. The molecule has 1 atom stereocenters. The largest absolute Gasteiger partial charge is 0.296 e. The first-order valence-electron chi connectivity index (χ1n) is 10.4. The van der Waals surface area contributed by atoms with E-state index in [2.05, 4.69) is 15.0 Å². The van der Waals surface area contributed by atoms with Crippen molar-refractivity contribution in [2.24, 2.45) is 0 Å². The van der Waals surface area contributed by atoms with Crippen LogP contribution in [0.2, 0.25) is 0 Å². The topological polar surface area (TPSA) is 51.0 Å². The van der Waals surface area contributed by atoms with Gasteiger partial charge in [0.1, 0.15) is 11.6 Å². The summed E-state index contributed by atoms with van der Waals surface area (Å²) in [6.45, 7) is 1.77. The number of carbonyl (C=O) groups is 1. The lowest BCUT2D eigenvalue weighted by atomic mass is 10.0. The number of benzene rings is 2. The maximum Gasteiger partial charge on any atom is 0.272 e. The Morgan fingerprint density at radius 3 is 2.67 bits per heavy atom. The average molecular weight is 402 g/mol. The van der Waals surface area contributed by atoms with E-state index in [1.54, 1.807) is 6.08 Å². The minimum absolute atomic E-state index is 0.129. The van der Waals surface area contributed by atoms with Crippen LogP contribution in [0, 0.1) is 5.82 Å². The SMILES string of the molecule is O=C1C=C(CN2CCCC2Cc2ccc(F)cc2)Cc2nc(-c3ccccc3)nn21. The van der Waals surface area contributed by atoms with Crippen molar-refractivity contribution in [3.8, 4) is 11.4 Å². The number of nitrogens with zero attached hydrogens (tertiary/aromatic N) is 4. The van der Waals surface area contributed by atoms with Gasteiger partial charge in [-0.25, -0.2) is 9.37 Å². The van der Waals surface area contributed by atoms with Crippen molar-refractivity contribution >= 4 is 5.91 Å². The van der Waals surface area contributed by atoms with Crippen LogP contribution < -0.4 is 0 Å². The third kappa shape index (κ3) is 3.83. The Bertz CT molecular complexity index is 1090. The van der Waals surface area contributed by atoms with E-state index in [9.17, 15) is 9.18 Å². The molecule has 1 unspecified atom stereocenters. The van der Waals surface area contributed by atoms with E-state index in [1.165, 1.54) is 16.8 Å². The highest BCUT2D eigenvalue weighted by molar-refractivity contribution is 5.91. The van der Waals surface area contributed by atoms with Gasteiger partial charge >= 0.3 is 0 Å². The molecule has 2 aromatic carbocycles. The first-order valence-corrected chi connectivity index (χ1v) is 10.4. The third-order valence-electron chi connectivity index (χ3n) is 5.92. The molecule has 3 aromatic rings. The summed E-state index contributed by atoms with van der Waals surface area (Å²) >= 11 is 0. The van der Waals surface area contributed by atoms with Crippen LogP contribution in [0.4, 0.5) is 4.39 Å². The van der Waals surface area contributed by atoms with Gasteiger partial charge < -0.3 is 0 Å². The Morgan fingerprint density at radius 1 is 1.07 bits per heavy atom. The maximum atomic E-state index is 13.2. The lowest BCUT2D eigenvalue weighted by molar-refractivity contribution is 0.0944.